The molecule has 1 aromatic carbocycles. The number of nitrogens with one attached hydrogen (secondary N) is 1. The fourth-order valence-corrected chi connectivity index (χ4v) is 4.81. The predicted octanol–water partition coefficient (Wildman–Crippen LogP) is 3.13. The lowest BCUT2D eigenvalue weighted by atomic mass is 10.1. The summed E-state index contributed by atoms with van der Waals surface area (Å²) in [6, 6.07) is 8.29. The molecule has 0 radical (unpaired) electrons. The van der Waals surface area contributed by atoms with Crippen molar-refractivity contribution in [3.8, 4) is 0 Å². The quantitative estimate of drug-likeness (QED) is 0.339. The van der Waals surface area contributed by atoms with Crippen molar-refractivity contribution < 1.29 is 4.79 Å². The minimum Gasteiger partial charge on any atom is -0.352 e. The molecule has 1 N–H and O–H groups in total. The molecule has 2 aliphatic heterocycles. The number of hydrogen-bond acceptors (Lipinski definition) is 6. The third-order valence-corrected chi connectivity index (χ3v) is 6.67. The number of aromatic nitrogens is 2. The molecule has 32 heavy (non-hydrogen) atoms. The molecule has 2 saturated heterocycles. The fraction of sp³-hybridized carbons (Fsp3) is 0.545. The van der Waals surface area contributed by atoms with Crippen LogP contribution in [-0.2, 0) is 17.8 Å². The van der Waals surface area contributed by atoms with Gasteiger partial charge in [-0.3, -0.25) is 9.79 Å². The summed E-state index contributed by atoms with van der Waals surface area (Å²) in [5.74, 6) is 2.08. The molecular weight excluding hydrogens is 537 g/mol. The van der Waals surface area contributed by atoms with E-state index in [1.165, 1.54) is 17.1 Å². The number of aliphatic imine (C=N–C) groups is 1. The van der Waals surface area contributed by atoms with Crippen molar-refractivity contribution in [2.75, 3.05) is 49.6 Å². The van der Waals surface area contributed by atoms with Gasteiger partial charge >= 0.3 is 0 Å². The average Bonchev–Trinajstić information content (AvgIpc) is 3.30. The lowest BCUT2D eigenvalue weighted by Gasteiger charge is -2.36. The van der Waals surface area contributed by atoms with Crippen molar-refractivity contribution in [3.63, 3.8) is 0 Å². The highest BCUT2D eigenvalue weighted by molar-refractivity contribution is 14.0. The van der Waals surface area contributed by atoms with E-state index in [1.54, 1.807) is 0 Å². The van der Waals surface area contributed by atoms with Crippen molar-refractivity contribution in [1.29, 1.82) is 0 Å². The summed E-state index contributed by atoms with van der Waals surface area (Å²) >= 11 is 1.49. The molecule has 1 aromatic heterocycles. The molecule has 2 aliphatic rings. The van der Waals surface area contributed by atoms with E-state index in [0.717, 1.165) is 74.6 Å². The lowest BCUT2D eigenvalue weighted by molar-refractivity contribution is -0.119. The van der Waals surface area contributed by atoms with Gasteiger partial charge in [0.25, 0.3) is 0 Å². The Hall–Kier alpha value is -1.95. The number of amides is 1. The number of halogens is 1. The molecule has 10 heteroatoms. The number of aryl methyl sites for hydroxylation is 1. The van der Waals surface area contributed by atoms with Crippen LogP contribution in [0.4, 0.5) is 10.8 Å². The Kier molecular flexibility index (Phi) is 9.09. The largest absolute Gasteiger partial charge is 0.352 e. The van der Waals surface area contributed by atoms with Crippen LogP contribution >= 0.6 is 35.5 Å². The van der Waals surface area contributed by atoms with Gasteiger partial charge in [-0.25, -0.2) is 4.98 Å². The molecule has 174 valence electrons. The van der Waals surface area contributed by atoms with Gasteiger partial charge in [0.15, 0.2) is 5.96 Å². The maximum Gasteiger partial charge on any atom is 0.226 e. The van der Waals surface area contributed by atoms with Crippen molar-refractivity contribution >= 4 is 58.2 Å². The lowest BCUT2D eigenvalue weighted by Crippen LogP contribution is -2.52. The number of carbonyl (C=O) groups excluding carboxylic acids is 1. The molecule has 3 heterocycles. The Morgan fingerprint density at radius 2 is 1.88 bits per heavy atom. The number of hydrogen-bond donors (Lipinski definition) is 1. The van der Waals surface area contributed by atoms with E-state index in [-0.39, 0.29) is 29.9 Å². The van der Waals surface area contributed by atoms with Crippen molar-refractivity contribution in [1.82, 2.24) is 19.6 Å². The number of carbonyl (C=O) groups is 1. The van der Waals surface area contributed by atoms with Crippen molar-refractivity contribution in [2.45, 2.75) is 39.2 Å². The van der Waals surface area contributed by atoms with E-state index < -0.39 is 0 Å². The van der Waals surface area contributed by atoms with Crippen LogP contribution in [0.3, 0.4) is 0 Å². The van der Waals surface area contributed by atoms with E-state index >= 15 is 0 Å². The van der Waals surface area contributed by atoms with Gasteiger partial charge in [0.2, 0.25) is 11.0 Å². The smallest absolute Gasteiger partial charge is 0.226 e. The highest BCUT2D eigenvalue weighted by Gasteiger charge is 2.22. The van der Waals surface area contributed by atoms with E-state index in [0.29, 0.717) is 13.0 Å². The third kappa shape index (κ3) is 5.89. The van der Waals surface area contributed by atoms with Crippen LogP contribution in [0.5, 0.6) is 0 Å². The number of nitrogens with zero attached hydrogens (tertiary/aromatic N) is 6. The number of piperidine rings is 1. The molecule has 0 spiro atoms. The minimum absolute atomic E-state index is 0. The zero-order valence-electron chi connectivity index (χ0n) is 18.8. The Balaban J connectivity index is 0.00000289. The molecule has 0 bridgehead atoms. The summed E-state index contributed by atoms with van der Waals surface area (Å²) in [4.78, 5) is 27.7. The van der Waals surface area contributed by atoms with E-state index in [4.69, 9.17) is 0 Å². The molecular formula is C22H32IN7OS. The van der Waals surface area contributed by atoms with Gasteiger partial charge in [-0.15, -0.1) is 24.0 Å². The Morgan fingerprint density at radius 3 is 2.50 bits per heavy atom. The summed E-state index contributed by atoms with van der Waals surface area (Å²) in [6.07, 6.45) is 3.62. The number of rotatable bonds is 5. The highest BCUT2D eigenvalue weighted by Crippen LogP contribution is 2.22. The van der Waals surface area contributed by atoms with Gasteiger partial charge in [-0.05, 0) is 30.5 Å². The molecule has 0 aliphatic carbocycles. The van der Waals surface area contributed by atoms with Gasteiger partial charge in [-0.2, -0.15) is 4.37 Å². The number of benzene rings is 1. The normalized spacial score (nSPS) is 17.4. The minimum atomic E-state index is 0. The fourth-order valence-electron chi connectivity index (χ4n) is 4.01. The summed E-state index contributed by atoms with van der Waals surface area (Å²) in [6.45, 7) is 7.24. The number of anilines is 2. The molecule has 0 atom stereocenters. The van der Waals surface area contributed by atoms with Crippen LogP contribution in [-0.4, -0.2) is 65.9 Å². The zero-order valence-corrected chi connectivity index (χ0v) is 21.9. The second-order valence-corrected chi connectivity index (χ2v) is 8.62. The Bertz CT molecular complexity index is 909. The van der Waals surface area contributed by atoms with E-state index in [9.17, 15) is 4.79 Å². The van der Waals surface area contributed by atoms with Gasteiger partial charge in [-0.1, -0.05) is 19.1 Å². The summed E-state index contributed by atoms with van der Waals surface area (Å²) in [5.41, 5.74) is 2.17. The molecule has 2 aromatic rings. The standard InChI is InChI=1S/C22H31N7OS.HI/c1-3-19-25-22(31-26-19)28-14-12-27(13-15-28)21(23-2)24-16-17-7-9-18(10-8-17)29-11-5-4-6-20(29)30;/h7-10H,3-6,11-16H2,1-2H3,(H,23,24);1H. The first-order valence-electron chi connectivity index (χ1n) is 11.1. The van der Waals surface area contributed by atoms with Crippen molar-refractivity contribution in [2.24, 2.45) is 4.99 Å². The van der Waals surface area contributed by atoms with Gasteiger partial charge in [0.1, 0.15) is 5.82 Å². The molecule has 0 saturated carbocycles. The molecule has 8 nitrogen and oxygen atoms in total. The molecule has 1 amide bonds. The average molecular weight is 570 g/mol. The second kappa shape index (κ2) is 11.8. The molecule has 0 unspecified atom stereocenters. The van der Waals surface area contributed by atoms with Crippen LogP contribution in [0.25, 0.3) is 0 Å². The molecule has 2 fully saturated rings. The maximum atomic E-state index is 12.1. The first kappa shape index (κ1) is 24.7. The summed E-state index contributed by atoms with van der Waals surface area (Å²) in [5, 5.41) is 4.50. The topological polar surface area (TPSA) is 77.0 Å². The zero-order chi connectivity index (χ0) is 21.6. The maximum absolute atomic E-state index is 12.1. The first-order chi connectivity index (χ1) is 15.2. The Morgan fingerprint density at radius 1 is 1.12 bits per heavy atom. The summed E-state index contributed by atoms with van der Waals surface area (Å²) < 4.78 is 4.40. The van der Waals surface area contributed by atoms with Gasteiger partial charge in [0, 0.05) is 76.4 Å². The van der Waals surface area contributed by atoms with Gasteiger partial charge in [0.05, 0.1) is 0 Å². The first-order valence-corrected chi connectivity index (χ1v) is 11.9. The van der Waals surface area contributed by atoms with E-state index in [2.05, 4.69) is 48.5 Å². The monoisotopic (exact) mass is 569 g/mol. The number of guanidine groups is 1. The van der Waals surface area contributed by atoms with Crippen LogP contribution in [0, 0.1) is 0 Å². The highest BCUT2D eigenvalue weighted by atomic mass is 127. The van der Waals surface area contributed by atoms with Gasteiger partial charge < -0.3 is 20.0 Å². The third-order valence-electron chi connectivity index (χ3n) is 5.86. The molecule has 4 rings (SSSR count). The van der Waals surface area contributed by atoms with Crippen LogP contribution in [0.15, 0.2) is 29.3 Å². The summed E-state index contributed by atoms with van der Waals surface area (Å²) in [7, 11) is 1.83. The van der Waals surface area contributed by atoms with Crippen molar-refractivity contribution in [3.05, 3.63) is 35.7 Å². The van der Waals surface area contributed by atoms with Crippen LogP contribution in [0.1, 0.15) is 37.6 Å². The van der Waals surface area contributed by atoms with Crippen LogP contribution in [0.2, 0.25) is 0 Å². The predicted molar refractivity (Wildman–Crippen MR) is 141 cm³/mol. The second-order valence-electron chi connectivity index (χ2n) is 7.89. The SMILES string of the molecule is CCc1nsc(N2CCN(C(=NC)NCc3ccc(N4CCCCC4=O)cc3)CC2)n1.I. The van der Waals surface area contributed by atoms with E-state index in [1.807, 2.05) is 24.1 Å². The Labute approximate surface area is 211 Å². The number of piperazine rings is 1. The van der Waals surface area contributed by atoms with Crippen LogP contribution < -0.4 is 15.1 Å².